The van der Waals surface area contributed by atoms with Gasteiger partial charge in [0.15, 0.2) is 11.6 Å². The van der Waals surface area contributed by atoms with Crippen LogP contribution in [0.15, 0.2) is 42.5 Å². The van der Waals surface area contributed by atoms with E-state index in [1.165, 1.54) is 12.1 Å². The van der Waals surface area contributed by atoms with Crippen LogP contribution in [0.4, 0.5) is 13.2 Å². The van der Waals surface area contributed by atoms with Crippen LogP contribution >= 0.6 is 0 Å². The molecule has 0 unspecified atom stereocenters. The predicted octanol–water partition coefficient (Wildman–Crippen LogP) is 5.32. The topological polar surface area (TPSA) is 0 Å². The summed E-state index contributed by atoms with van der Waals surface area (Å²) in [5.41, 5.74) is 1.28. The monoisotopic (exact) mass is 300 g/mol. The van der Waals surface area contributed by atoms with Crippen LogP contribution in [0, 0.1) is 29.3 Å². The molecule has 0 aromatic heterocycles. The van der Waals surface area contributed by atoms with Crippen LogP contribution in [-0.2, 0) is 0 Å². The van der Waals surface area contributed by atoms with E-state index >= 15 is 0 Å². The largest absolute Gasteiger partial charge is 0.206 e. The summed E-state index contributed by atoms with van der Waals surface area (Å²) in [4.78, 5) is 0. The molecule has 0 N–H and O–H groups in total. The second-order valence-electron chi connectivity index (χ2n) is 4.81. The summed E-state index contributed by atoms with van der Waals surface area (Å²) in [6.07, 6.45) is 5.83. The highest BCUT2D eigenvalue weighted by atomic mass is 19.2. The summed E-state index contributed by atoms with van der Waals surface area (Å²) in [6.45, 7) is 2.07. The summed E-state index contributed by atoms with van der Waals surface area (Å²) in [6, 6.07) is 8.09. The third kappa shape index (κ3) is 4.26. The third-order valence-corrected chi connectivity index (χ3v) is 3.02. The van der Waals surface area contributed by atoms with Crippen molar-refractivity contribution in [2.24, 2.45) is 0 Å². The first-order valence-corrected chi connectivity index (χ1v) is 7.03. The van der Waals surface area contributed by atoms with Gasteiger partial charge in [0.25, 0.3) is 0 Å². The first kappa shape index (κ1) is 15.9. The molecule has 0 heterocycles. The van der Waals surface area contributed by atoms with Gasteiger partial charge in [-0.1, -0.05) is 43.4 Å². The molecule has 0 bridgehead atoms. The van der Waals surface area contributed by atoms with Gasteiger partial charge in [-0.2, -0.15) is 0 Å². The smallest absolute Gasteiger partial charge is 0.160 e. The highest BCUT2D eigenvalue weighted by molar-refractivity contribution is 5.53. The first-order chi connectivity index (χ1) is 10.6. The van der Waals surface area contributed by atoms with Crippen molar-refractivity contribution in [2.75, 3.05) is 0 Å². The van der Waals surface area contributed by atoms with Gasteiger partial charge in [0.05, 0.1) is 5.56 Å². The molecule has 0 nitrogen and oxygen atoms in total. The van der Waals surface area contributed by atoms with Gasteiger partial charge in [-0.05, 0) is 42.3 Å². The van der Waals surface area contributed by atoms with Crippen molar-refractivity contribution in [1.29, 1.82) is 0 Å². The lowest BCUT2D eigenvalue weighted by molar-refractivity contribution is 0.508. The normalized spacial score (nSPS) is 10.5. The van der Waals surface area contributed by atoms with Crippen molar-refractivity contribution >= 4 is 6.08 Å². The van der Waals surface area contributed by atoms with Gasteiger partial charge in [-0.25, -0.2) is 13.2 Å². The van der Waals surface area contributed by atoms with Gasteiger partial charge in [0, 0.05) is 5.56 Å². The van der Waals surface area contributed by atoms with Gasteiger partial charge >= 0.3 is 0 Å². The SMILES string of the molecule is CCCC=Cc1ccc(C#Cc2ccc(F)c(F)c2)c(F)c1. The number of halogens is 3. The number of benzene rings is 2. The zero-order chi connectivity index (χ0) is 15.9. The molecule has 2 aromatic carbocycles. The molecule has 0 spiro atoms. The number of allylic oxidation sites excluding steroid dienone is 1. The molecular formula is C19H15F3. The fourth-order valence-corrected chi connectivity index (χ4v) is 1.84. The molecule has 0 aliphatic heterocycles. The van der Waals surface area contributed by atoms with Crippen molar-refractivity contribution in [2.45, 2.75) is 19.8 Å². The Kier molecular flexibility index (Phi) is 5.43. The van der Waals surface area contributed by atoms with Crippen LogP contribution in [-0.4, -0.2) is 0 Å². The highest BCUT2D eigenvalue weighted by Gasteiger charge is 2.02. The van der Waals surface area contributed by atoms with Crippen LogP contribution < -0.4 is 0 Å². The zero-order valence-corrected chi connectivity index (χ0v) is 12.2. The second-order valence-corrected chi connectivity index (χ2v) is 4.81. The van der Waals surface area contributed by atoms with Gasteiger partial charge in [-0.3, -0.25) is 0 Å². The Morgan fingerprint density at radius 3 is 2.41 bits per heavy atom. The van der Waals surface area contributed by atoms with E-state index < -0.39 is 17.5 Å². The molecule has 0 aliphatic carbocycles. The minimum atomic E-state index is -0.969. The second kappa shape index (κ2) is 7.51. The summed E-state index contributed by atoms with van der Waals surface area (Å²) in [5, 5.41) is 0. The Morgan fingerprint density at radius 2 is 1.73 bits per heavy atom. The molecule has 0 saturated carbocycles. The predicted molar refractivity (Wildman–Crippen MR) is 82.7 cm³/mol. The van der Waals surface area contributed by atoms with Crippen LogP contribution in [0.3, 0.4) is 0 Å². The van der Waals surface area contributed by atoms with E-state index in [-0.39, 0.29) is 5.56 Å². The molecule has 112 valence electrons. The van der Waals surface area contributed by atoms with Crippen molar-refractivity contribution < 1.29 is 13.2 Å². The van der Waals surface area contributed by atoms with Gasteiger partial charge in [-0.15, -0.1) is 0 Å². The average molecular weight is 300 g/mol. The summed E-state index contributed by atoms with van der Waals surface area (Å²) in [7, 11) is 0. The van der Waals surface area contributed by atoms with Crippen LogP contribution in [0.5, 0.6) is 0 Å². The molecule has 2 aromatic rings. The number of hydrogen-bond donors (Lipinski definition) is 0. The van der Waals surface area contributed by atoms with E-state index in [2.05, 4.69) is 18.8 Å². The number of hydrogen-bond acceptors (Lipinski definition) is 0. The van der Waals surface area contributed by atoms with Crippen molar-refractivity contribution in [1.82, 2.24) is 0 Å². The van der Waals surface area contributed by atoms with E-state index in [1.54, 1.807) is 12.1 Å². The molecule has 0 amide bonds. The van der Waals surface area contributed by atoms with Gasteiger partial charge in [0.1, 0.15) is 5.82 Å². The Labute approximate surface area is 128 Å². The van der Waals surface area contributed by atoms with E-state index in [4.69, 9.17) is 0 Å². The van der Waals surface area contributed by atoms with Crippen LogP contribution in [0.25, 0.3) is 6.08 Å². The maximum Gasteiger partial charge on any atom is 0.160 e. The third-order valence-electron chi connectivity index (χ3n) is 3.02. The quantitative estimate of drug-likeness (QED) is 0.673. The first-order valence-electron chi connectivity index (χ1n) is 7.03. The molecule has 3 heteroatoms. The maximum atomic E-state index is 13.9. The average Bonchev–Trinajstić information content (AvgIpc) is 2.50. The lowest BCUT2D eigenvalue weighted by Crippen LogP contribution is -1.87. The van der Waals surface area contributed by atoms with E-state index in [0.717, 1.165) is 30.5 Å². The number of unbranched alkanes of at least 4 members (excludes halogenated alkanes) is 1. The minimum Gasteiger partial charge on any atom is -0.206 e. The Bertz CT molecular complexity index is 749. The molecule has 0 radical (unpaired) electrons. The van der Waals surface area contributed by atoms with Crippen molar-refractivity contribution in [3.63, 3.8) is 0 Å². The van der Waals surface area contributed by atoms with Gasteiger partial charge < -0.3 is 0 Å². The Morgan fingerprint density at radius 1 is 0.909 bits per heavy atom. The summed E-state index contributed by atoms with van der Waals surface area (Å²) < 4.78 is 39.8. The lowest BCUT2D eigenvalue weighted by atomic mass is 10.1. The Hall–Kier alpha value is -2.47. The molecule has 0 saturated heterocycles. The molecule has 22 heavy (non-hydrogen) atoms. The Balaban J connectivity index is 2.20. The molecular weight excluding hydrogens is 285 g/mol. The lowest BCUT2D eigenvalue weighted by Gasteiger charge is -1.98. The minimum absolute atomic E-state index is 0.220. The van der Waals surface area contributed by atoms with Crippen LogP contribution in [0.1, 0.15) is 36.5 Å². The fraction of sp³-hybridized carbons (Fsp3) is 0.158. The molecule has 2 rings (SSSR count). The molecule has 0 aliphatic rings. The zero-order valence-electron chi connectivity index (χ0n) is 12.2. The van der Waals surface area contributed by atoms with Crippen molar-refractivity contribution in [3.05, 3.63) is 76.6 Å². The standard InChI is InChI=1S/C19H15F3/c1-2-3-4-5-14-6-9-16(18(21)12-14)10-7-15-8-11-17(20)19(22)13-15/h4-6,8-9,11-13H,2-3H2,1H3. The van der Waals surface area contributed by atoms with E-state index in [1.807, 2.05) is 12.2 Å². The molecule has 0 atom stereocenters. The van der Waals surface area contributed by atoms with Gasteiger partial charge in [0.2, 0.25) is 0 Å². The van der Waals surface area contributed by atoms with Crippen molar-refractivity contribution in [3.8, 4) is 11.8 Å². The fourth-order valence-electron chi connectivity index (χ4n) is 1.84. The number of rotatable bonds is 3. The molecule has 0 fully saturated rings. The van der Waals surface area contributed by atoms with Crippen LogP contribution in [0.2, 0.25) is 0 Å². The highest BCUT2D eigenvalue weighted by Crippen LogP contribution is 2.12. The maximum absolute atomic E-state index is 13.9. The summed E-state index contributed by atoms with van der Waals surface area (Å²) >= 11 is 0. The van der Waals surface area contributed by atoms with E-state index in [9.17, 15) is 13.2 Å². The van der Waals surface area contributed by atoms with E-state index in [0.29, 0.717) is 5.56 Å². The summed E-state index contributed by atoms with van der Waals surface area (Å²) in [5.74, 6) is 2.92.